The molecule has 0 amide bonds. The Labute approximate surface area is 95.6 Å². The Morgan fingerprint density at radius 2 is 2.00 bits per heavy atom. The molecule has 0 bridgehead atoms. The van der Waals surface area contributed by atoms with Crippen molar-refractivity contribution in [1.82, 2.24) is 0 Å². The van der Waals surface area contributed by atoms with Crippen molar-refractivity contribution in [3.05, 3.63) is 22.4 Å². The van der Waals surface area contributed by atoms with E-state index in [0.29, 0.717) is 5.92 Å². The Morgan fingerprint density at radius 3 is 2.40 bits per heavy atom. The lowest BCUT2D eigenvalue weighted by atomic mass is 9.74. The Bertz CT molecular complexity index is 263. The number of aliphatic hydroxyl groups is 2. The molecule has 0 aliphatic rings. The minimum Gasteiger partial charge on any atom is -0.396 e. The lowest BCUT2D eigenvalue weighted by Crippen LogP contribution is -2.36. The molecule has 0 aliphatic carbocycles. The summed E-state index contributed by atoms with van der Waals surface area (Å²) in [5.41, 5.74) is 0.967. The highest BCUT2D eigenvalue weighted by molar-refractivity contribution is 7.07. The van der Waals surface area contributed by atoms with Gasteiger partial charge in [0.25, 0.3) is 0 Å². The predicted molar refractivity (Wildman–Crippen MR) is 64.1 cm³/mol. The fourth-order valence-electron chi connectivity index (χ4n) is 1.69. The monoisotopic (exact) mass is 228 g/mol. The van der Waals surface area contributed by atoms with Gasteiger partial charge in [-0.3, -0.25) is 0 Å². The van der Waals surface area contributed by atoms with Crippen LogP contribution in [-0.2, 0) is 6.42 Å². The van der Waals surface area contributed by atoms with Crippen molar-refractivity contribution in [3.8, 4) is 0 Å². The molecule has 1 heterocycles. The first-order valence-corrected chi connectivity index (χ1v) is 6.31. The molecule has 0 spiro atoms. The molecule has 1 rings (SSSR count). The van der Waals surface area contributed by atoms with E-state index >= 15 is 0 Å². The quantitative estimate of drug-likeness (QED) is 0.784. The van der Waals surface area contributed by atoms with Gasteiger partial charge in [0, 0.05) is 5.41 Å². The normalized spacial score (nSPS) is 12.3. The molecule has 15 heavy (non-hydrogen) atoms. The molecule has 0 saturated carbocycles. The number of aryl methyl sites for hydroxylation is 1. The van der Waals surface area contributed by atoms with Crippen LogP contribution in [-0.4, -0.2) is 23.4 Å². The summed E-state index contributed by atoms with van der Waals surface area (Å²) < 4.78 is 0. The first-order chi connectivity index (χ1) is 7.14. The molecule has 2 nitrogen and oxygen atoms in total. The first-order valence-electron chi connectivity index (χ1n) is 5.37. The highest BCUT2D eigenvalue weighted by atomic mass is 32.1. The largest absolute Gasteiger partial charge is 0.396 e. The molecule has 1 aromatic rings. The highest BCUT2D eigenvalue weighted by Gasteiger charge is 2.32. The second-order valence-electron chi connectivity index (χ2n) is 4.46. The van der Waals surface area contributed by atoms with Gasteiger partial charge in [0.05, 0.1) is 13.2 Å². The van der Waals surface area contributed by atoms with Gasteiger partial charge < -0.3 is 10.2 Å². The number of hydrogen-bond acceptors (Lipinski definition) is 3. The smallest absolute Gasteiger partial charge is 0.0511 e. The molecular weight excluding hydrogens is 208 g/mol. The number of aliphatic hydroxyl groups excluding tert-OH is 2. The van der Waals surface area contributed by atoms with E-state index < -0.39 is 0 Å². The van der Waals surface area contributed by atoms with E-state index in [1.807, 2.05) is 0 Å². The maximum Gasteiger partial charge on any atom is 0.0511 e. The maximum absolute atomic E-state index is 9.42. The van der Waals surface area contributed by atoms with Gasteiger partial charge in [0.1, 0.15) is 0 Å². The van der Waals surface area contributed by atoms with Crippen molar-refractivity contribution in [2.45, 2.75) is 26.7 Å². The molecule has 1 aromatic heterocycles. The topological polar surface area (TPSA) is 40.5 Å². The average molecular weight is 228 g/mol. The Balaban J connectivity index is 2.59. The standard InChI is InChI=1S/C12H20O2S/c1-10(2)12(8-13,9-14)5-3-11-4-6-15-7-11/h4,6-7,10,13-14H,3,5,8-9H2,1-2H3. The molecule has 0 aliphatic heterocycles. The molecule has 0 radical (unpaired) electrons. The van der Waals surface area contributed by atoms with Crippen molar-refractivity contribution in [1.29, 1.82) is 0 Å². The summed E-state index contributed by atoms with van der Waals surface area (Å²) in [6.07, 6.45) is 1.78. The molecule has 0 atom stereocenters. The van der Waals surface area contributed by atoms with Crippen LogP contribution in [0.5, 0.6) is 0 Å². The van der Waals surface area contributed by atoms with E-state index in [4.69, 9.17) is 0 Å². The van der Waals surface area contributed by atoms with Crippen LogP contribution in [0.3, 0.4) is 0 Å². The van der Waals surface area contributed by atoms with Gasteiger partial charge in [0.2, 0.25) is 0 Å². The van der Waals surface area contributed by atoms with Crippen LogP contribution in [0.25, 0.3) is 0 Å². The zero-order valence-corrected chi connectivity index (χ0v) is 10.3. The van der Waals surface area contributed by atoms with Crippen LogP contribution in [0.1, 0.15) is 25.8 Å². The van der Waals surface area contributed by atoms with Gasteiger partial charge in [-0.25, -0.2) is 0 Å². The molecule has 0 saturated heterocycles. The van der Waals surface area contributed by atoms with Gasteiger partial charge in [-0.2, -0.15) is 11.3 Å². The van der Waals surface area contributed by atoms with E-state index in [0.717, 1.165) is 12.8 Å². The maximum atomic E-state index is 9.42. The van der Waals surface area contributed by atoms with Gasteiger partial charge >= 0.3 is 0 Å². The SMILES string of the molecule is CC(C)C(CO)(CO)CCc1ccsc1. The third kappa shape index (κ3) is 3.03. The fourth-order valence-corrected chi connectivity index (χ4v) is 2.39. The van der Waals surface area contributed by atoms with Crippen LogP contribution in [0, 0.1) is 11.3 Å². The summed E-state index contributed by atoms with van der Waals surface area (Å²) in [6.45, 7) is 4.23. The number of thiophene rings is 1. The summed E-state index contributed by atoms with van der Waals surface area (Å²) in [7, 11) is 0. The molecule has 0 fully saturated rings. The van der Waals surface area contributed by atoms with Gasteiger partial charge in [0.15, 0.2) is 0 Å². The molecule has 86 valence electrons. The Kier molecular flexibility index (Phi) is 4.77. The lowest BCUT2D eigenvalue weighted by molar-refractivity contribution is 0.00922. The summed E-state index contributed by atoms with van der Waals surface area (Å²) in [6, 6.07) is 2.10. The molecular formula is C12H20O2S. The predicted octanol–water partition coefficient (Wildman–Crippen LogP) is 2.31. The second-order valence-corrected chi connectivity index (χ2v) is 5.24. The van der Waals surface area contributed by atoms with Crippen LogP contribution < -0.4 is 0 Å². The van der Waals surface area contributed by atoms with Crippen molar-refractivity contribution in [2.75, 3.05) is 13.2 Å². The van der Waals surface area contributed by atoms with Gasteiger partial charge in [-0.15, -0.1) is 0 Å². The molecule has 3 heteroatoms. The third-order valence-corrected chi connectivity index (χ3v) is 4.08. The van der Waals surface area contributed by atoms with E-state index in [-0.39, 0.29) is 18.6 Å². The summed E-state index contributed by atoms with van der Waals surface area (Å²) >= 11 is 1.69. The first kappa shape index (κ1) is 12.7. The van der Waals surface area contributed by atoms with E-state index in [1.165, 1.54) is 5.56 Å². The fraction of sp³-hybridized carbons (Fsp3) is 0.667. The minimum absolute atomic E-state index is 0.0608. The molecule has 2 N–H and O–H groups in total. The highest BCUT2D eigenvalue weighted by Crippen LogP contribution is 2.32. The summed E-state index contributed by atoms with van der Waals surface area (Å²) in [5.74, 6) is 0.297. The van der Waals surface area contributed by atoms with Crippen molar-refractivity contribution in [3.63, 3.8) is 0 Å². The van der Waals surface area contributed by atoms with Crippen molar-refractivity contribution < 1.29 is 10.2 Å². The lowest BCUT2D eigenvalue weighted by Gasteiger charge is -2.34. The van der Waals surface area contributed by atoms with Crippen LogP contribution in [0.4, 0.5) is 0 Å². The zero-order valence-electron chi connectivity index (χ0n) is 9.44. The summed E-state index contributed by atoms with van der Waals surface area (Å²) in [4.78, 5) is 0. The summed E-state index contributed by atoms with van der Waals surface area (Å²) in [5, 5.41) is 23.0. The van der Waals surface area contributed by atoms with Gasteiger partial charge in [-0.1, -0.05) is 13.8 Å². The van der Waals surface area contributed by atoms with Crippen molar-refractivity contribution in [2.24, 2.45) is 11.3 Å². The minimum atomic E-state index is -0.331. The number of rotatable bonds is 6. The van der Waals surface area contributed by atoms with E-state index in [1.54, 1.807) is 11.3 Å². The van der Waals surface area contributed by atoms with Gasteiger partial charge in [-0.05, 0) is 41.1 Å². The van der Waals surface area contributed by atoms with E-state index in [9.17, 15) is 10.2 Å². The Hall–Kier alpha value is -0.380. The van der Waals surface area contributed by atoms with Crippen molar-refractivity contribution >= 4 is 11.3 Å². The Morgan fingerprint density at radius 1 is 1.33 bits per heavy atom. The average Bonchev–Trinajstić information content (AvgIpc) is 2.72. The molecule has 0 unspecified atom stereocenters. The van der Waals surface area contributed by atoms with Crippen LogP contribution >= 0.6 is 11.3 Å². The second kappa shape index (κ2) is 5.64. The van der Waals surface area contributed by atoms with Crippen LogP contribution in [0.15, 0.2) is 16.8 Å². The zero-order chi connectivity index (χ0) is 11.3. The number of hydrogen-bond donors (Lipinski definition) is 2. The van der Waals surface area contributed by atoms with E-state index in [2.05, 4.69) is 30.7 Å². The third-order valence-electron chi connectivity index (χ3n) is 3.35. The molecule has 0 aromatic carbocycles. The van der Waals surface area contributed by atoms with Crippen LogP contribution in [0.2, 0.25) is 0 Å².